The lowest BCUT2D eigenvalue weighted by Crippen LogP contribution is -2.14. The first-order valence-electron chi connectivity index (χ1n) is 8.59. The van der Waals surface area contributed by atoms with Gasteiger partial charge in [0, 0.05) is 12.4 Å². The van der Waals surface area contributed by atoms with Crippen LogP contribution in [-0.4, -0.2) is 31.2 Å². The minimum atomic E-state index is -0.599. The highest BCUT2D eigenvalue weighted by Crippen LogP contribution is 2.26. The number of nitrogens with zero attached hydrogens (tertiary/aromatic N) is 5. The number of rotatable bonds is 5. The number of hydrogen-bond acceptors (Lipinski definition) is 6. The molecule has 4 aromatic rings. The van der Waals surface area contributed by atoms with Crippen LogP contribution in [0.5, 0.6) is 0 Å². The predicted molar refractivity (Wildman–Crippen MR) is 104 cm³/mol. The number of H-pyrrole nitrogens is 1. The van der Waals surface area contributed by atoms with Crippen LogP contribution in [0, 0.1) is 11.6 Å². The molecule has 0 aliphatic carbocycles. The largest absolute Gasteiger partial charge is 0.278 e. The summed E-state index contributed by atoms with van der Waals surface area (Å²) in [5.74, 6) is -0.334. The van der Waals surface area contributed by atoms with Crippen LogP contribution < -0.4 is 11.0 Å². The van der Waals surface area contributed by atoms with E-state index >= 15 is 0 Å². The van der Waals surface area contributed by atoms with Crippen molar-refractivity contribution >= 4 is 22.7 Å². The summed E-state index contributed by atoms with van der Waals surface area (Å²) in [5.41, 5.74) is 3.63. The van der Waals surface area contributed by atoms with E-state index in [1.807, 2.05) is 0 Å². The Bertz CT molecular complexity index is 1260. The Labute approximate surface area is 162 Å². The Balaban J connectivity index is 1.75. The molecule has 2 aromatic carbocycles. The Hall–Kier alpha value is -3.95. The first-order valence-corrected chi connectivity index (χ1v) is 8.59. The number of anilines is 1. The number of hydrogen-bond donors (Lipinski definition) is 2. The number of nitrogens with one attached hydrogen (secondary N) is 2. The minimum Gasteiger partial charge on any atom is -0.278 e. The Morgan fingerprint density at radius 1 is 1.21 bits per heavy atom. The molecule has 0 aliphatic rings. The SMILES string of the molecule is Cn1ncnc1Cc1n[nH]c(=O)c2cc(F)cc(N/N=C/c3ccc(F)cc3)c12. The van der Waals surface area contributed by atoms with Crippen molar-refractivity contribution in [1.29, 1.82) is 0 Å². The summed E-state index contributed by atoms with van der Waals surface area (Å²) >= 11 is 0. The molecular formula is C19H15F2N7O. The standard InChI is InChI=1S/C19H15F2N7O/c1-28-17(22-10-24-28)8-16-18-14(19(29)27-26-16)6-13(21)7-15(18)25-23-9-11-2-4-12(20)5-3-11/h2-7,9-10,25H,8H2,1H3,(H,27,29)/b23-9+. The molecular weight excluding hydrogens is 380 g/mol. The first-order chi connectivity index (χ1) is 14.0. The van der Waals surface area contributed by atoms with Crippen molar-refractivity contribution < 1.29 is 8.78 Å². The second-order valence-electron chi connectivity index (χ2n) is 6.27. The maximum Gasteiger partial charge on any atom is 0.272 e. The van der Waals surface area contributed by atoms with Crippen molar-refractivity contribution in [2.24, 2.45) is 12.1 Å². The molecule has 0 fully saturated rings. The molecule has 0 unspecified atom stereocenters. The second-order valence-corrected chi connectivity index (χ2v) is 6.27. The number of aryl methyl sites for hydroxylation is 1. The van der Waals surface area contributed by atoms with Gasteiger partial charge in [-0.05, 0) is 29.8 Å². The maximum absolute atomic E-state index is 14.1. The highest BCUT2D eigenvalue weighted by molar-refractivity contribution is 5.95. The van der Waals surface area contributed by atoms with E-state index in [0.29, 0.717) is 22.5 Å². The van der Waals surface area contributed by atoms with Gasteiger partial charge in [-0.3, -0.25) is 14.9 Å². The van der Waals surface area contributed by atoms with Gasteiger partial charge in [-0.1, -0.05) is 12.1 Å². The van der Waals surface area contributed by atoms with Crippen LogP contribution in [0.15, 0.2) is 52.6 Å². The van der Waals surface area contributed by atoms with Crippen LogP contribution in [0.25, 0.3) is 10.8 Å². The van der Waals surface area contributed by atoms with Gasteiger partial charge in [-0.2, -0.15) is 15.3 Å². The van der Waals surface area contributed by atoms with Gasteiger partial charge in [0.15, 0.2) is 0 Å². The van der Waals surface area contributed by atoms with Gasteiger partial charge >= 0.3 is 0 Å². The summed E-state index contributed by atoms with van der Waals surface area (Å²) in [4.78, 5) is 16.4. The van der Waals surface area contributed by atoms with E-state index in [4.69, 9.17) is 0 Å². The average Bonchev–Trinajstić information content (AvgIpc) is 3.10. The zero-order valence-electron chi connectivity index (χ0n) is 15.2. The molecule has 2 heterocycles. The molecule has 2 N–H and O–H groups in total. The van der Waals surface area contributed by atoms with Crippen LogP contribution in [-0.2, 0) is 13.5 Å². The number of benzene rings is 2. The molecule has 29 heavy (non-hydrogen) atoms. The van der Waals surface area contributed by atoms with Crippen molar-refractivity contribution in [3.05, 3.63) is 81.8 Å². The number of fused-ring (bicyclic) bond motifs is 1. The highest BCUT2D eigenvalue weighted by atomic mass is 19.1. The molecule has 0 spiro atoms. The molecule has 146 valence electrons. The van der Waals surface area contributed by atoms with Crippen LogP contribution in [0.4, 0.5) is 14.5 Å². The van der Waals surface area contributed by atoms with Crippen LogP contribution >= 0.6 is 0 Å². The zero-order valence-corrected chi connectivity index (χ0v) is 15.2. The topological polar surface area (TPSA) is 101 Å². The number of aromatic amines is 1. The van der Waals surface area contributed by atoms with E-state index in [9.17, 15) is 13.6 Å². The third kappa shape index (κ3) is 3.86. The Kier molecular flexibility index (Phi) is 4.82. The lowest BCUT2D eigenvalue weighted by atomic mass is 10.1. The van der Waals surface area contributed by atoms with Gasteiger partial charge in [-0.25, -0.2) is 18.9 Å². The fourth-order valence-electron chi connectivity index (χ4n) is 2.90. The van der Waals surface area contributed by atoms with E-state index < -0.39 is 11.4 Å². The fourth-order valence-corrected chi connectivity index (χ4v) is 2.90. The summed E-state index contributed by atoms with van der Waals surface area (Å²) in [6.07, 6.45) is 3.14. The number of aromatic nitrogens is 5. The van der Waals surface area contributed by atoms with Crippen LogP contribution in [0.1, 0.15) is 17.1 Å². The fraction of sp³-hybridized carbons (Fsp3) is 0.105. The Morgan fingerprint density at radius 3 is 2.72 bits per heavy atom. The van der Waals surface area contributed by atoms with E-state index in [1.165, 1.54) is 30.7 Å². The van der Waals surface area contributed by atoms with Crippen molar-refractivity contribution in [3.8, 4) is 0 Å². The van der Waals surface area contributed by atoms with Gasteiger partial charge in [0.2, 0.25) is 0 Å². The van der Waals surface area contributed by atoms with E-state index in [2.05, 4.69) is 30.8 Å². The molecule has 2 aromatic heterocycles. The lowest BCUT2D eigenvalue weighted by molar-refractivity contribution is 0.627. The van der Waals surface area contributed by atoms with Gasteiger partial charge < -0.3 is 0 Å². The third-order valence-corrected chi connectivity index (χ3v) is 4.33. The van der Waals surface area contributed by atoms with E-state index in [0.717, 1.165) is 6.07 Å². The summed E-state index contributed by atoms with van der Waals surface area (Å²) in [5, 5.41) is 15.2. The van der Waals surface area contributed by atoms with E-state index in [1.54, 1.807) is 23.9 Å². The van der Waals surface area contributed by atoms with Crippen molar-refractivity contribution in [3.63, 3.8) is 0 Å². The average molecular weight is 395 g/mol. The zero-order chi connectivity index (χ0) is 20.4. The third-order valence-electron chi connectivity index (χ3n) is 4.33. The molecule has 0 saturated carbocycles. The predicted octanol–water partition coefficient (Wildman–Crippen LogP) is 2.37. The van der Waals surface area contributed by atoms with Crippen molar-refractivity contribution in [2.45, 2.75) is 6.42 Å². The van der Waals surface area contributed by atoms with Gasteiger partial charge in [-0.15, -0.1) is 0 Å². The number of hydrazone groups is 1. The molecule has 4 rings (SSSR count). The maximum atomic E-state index is 14.1. The highest BCUT2D eigenvalue weighted by Gasteiger charge is 2.15. The molecule has 8 nitrogen and oxygen atoms in total. The smallest absolute Gasteiger partial charge is 0.272 e. The lowest BCUT2D eigenvalue weighted by Gasteiger charge is -2.10. The van der Waals surface area contributed by atoms with Gasteiger partial charge in [0.05, 0.1) is 29.4 Å². The molecule has 0 bridgehead atoms. The molecule has 0 atom stereocenters. The summed E-state index contributed by atoms with van der Waals surface area (Å²) in [6, 6.07) is 8.09. The van der Waals surface area contributed by atoms with E-state index in [-0.39, 0.29) is 23.3 Å². The second kappa shape index (κ2) is 7.58. The molecule has 0 saturated heterocycles. The minimum absolute atomic E-state index is 0.136. The van der Waals surface area contributed by atoms with Gasteiger partial charge in [0.25, 0.3) is 5.56 Å². The quantitative estimate of drug-likeness (QED) is 0.399. The summed E-state index contributed by atoms with van der Waals surface area (Å²) < 4.78 is 28.7. The molecule has 0 amide bonds. The van der Waals surface area contributed by atoms with Crippen molar-refractivity contribution in [2.75, 3.05) is 5.43 Å². The summed E-state index contributed by atoms with van der Waals surface area (Å²) in [7, 11) is 1.74. The summed E-state index contributed by atoms with van der Waals surface area (Å²) in [6.45, 7) is 0. The Morgan fingerprint density at radius 2 is 2.00 bits per heavy atom. The molecule has 10 heteroatoms. The first kappa shape index (κ1) is 18.4. The van der Waals surface area contributed by atoms with Crippen LogP contribution in [0.2, 0.25) is 0 Å². The van der Waals surface area contributed by atoms with Crippen molar-refractivity contribution in [1.82, 2.24) is 25.0 Å². The molecule has 0 radical (unpaired) electrons. The van der Waals surface area contributed by atoms with Crippen LogP contribution in [0.3, 0.4) is 0 Å². The van der Waals surface area contributed by atoms with Gasteiger partial charge in [0.1, 0.15) is 23.8 Å². The number of halogens is 2. The monoisotopic (exact) mass is 395 g/mol. The molecule has 0 aliphatic heterocycles. The normalized spacial score (nSPS) is 11.4.